The topological polar surface area (TPSA) is 84.7 Å². The minimum absolute atomic E-state index is 0.180. The van der Waals surface area contributed by atoms with E-state index in [1.807, 2.05) is 43.3 Å². The zero-order chi connectivity index (χ0) is 20.2. The SMILES string of the molecule is Cc1ccc(-c2cnc(CCC(=O)Nc3ccccc3N3CCOC3=O)o2)cc1. The highest BCUT2D eigenvalue weighted by Crippen LogP contribution is 2.28. The first-order valence-corrected chi connectivity index (χ1v) is 9.45. The first-order valence-electron chi connectivity index (χ1n) is 9.45. The summed E-state index contributed by atoms with van der Waals surface area (Å²) in [5.41, 5.74) is 3.32. The minimum atomic E-state index is -0.407. The molecule has 1 fully saturated rings. The van der Waals surface area contributed by atoms with E-state index in [1.54, 1.807) is 18.3 Å². The summed E-state index contributed by atoms with van der Waals surface area (Å²) in [5.74, 6) is 1.01. The quantitative estimate of drug-likeness (QED) is 0.681. The van der Waals surface area contributed by atoms with E-state index in [0.717, 1.165) is 5.56 Å². The normalized spacial score (nSPS) is 13.4. The lowest BCUT2D eigenvalue weighted by atomic mass is 10.1. The molecule has 0 saturated carbocycles. The smallest absolute Gasteiger partial charge is 0.414 e. The van der Waals surface area contributed by atoms with Crippen LogP contribution < -0.4 is 10.2 Å². The Morgan fingerprint density at radius 3 is 2.72 bits per heavy atom. The van der Waals surface area contributed by atoms with Gasteiger partial charge in [0.05, 0.1) is 24.1 Å². The van der Waals surface area contributed by atoms with Gasteiger partial charge >= 0.3 is 6.09 Å². The number of nitrogens with one attached hydrogen (secondary N) is 1. The highest BCUT2D eigenvalue weighted by atomic mass is 16.6. The molecular formula is C22H21N3O4. The third-order valence-corrected chi connectivity index (χ3v) is 4.69. The van der Waals surface area contributed by atoms with E-state index in [2.05, 4.69) is 10.3 Å². The fourth-order valence-corrected chi connectivity index (χ4v) is 3.14. The van der Waals surface area contributed by atoms with E-state index in [-0.39, 0.29) is 12.3 Å². The van der Waals surface area contributed by atoms with Crippen molar-refractivity contribution in [2.24, 2.45) is 0 Å². The molecule has 29 heavy (non-hydrogen) atoms. The molecule has 0 atom stereocenters. The van der Waals surface area contributed by atoms with E-state index in [0.29, 0.717) is 42.6 Å². The maximum atomic E-state index is 12.4. The molecule has 148 valence electrons. The number of oxazole rings is 1. The first-order chi connectivity index (χ1) is 14.1. The number of hydrogen-bond acceptors (Lipinski definition) is 5. The number of anilines is 2. The number of aromatic nitrogens is 1. The summed E-state index contributed by atoms with van der Waals surface area (Å²) in [4.78, 5) is 30.0. The van der Waals surface area contributed by atoms with Crippen molar-refractivity contribution in [2.75, 3.05) is 23.4 Å². The second kappa shape index (κ2) is 8.18. The van der Waals surface area contributed by atoms with Crippen molar-refractivity contribution in [3.05, 3.63) is 66.2 Å². The molecule has 7 nitrogen and oxygen atoms in total. The van der Waals surface area contributed by atoms with Crippen LogP contribution in [0.5, 0.6) is 0 Å². The molecule has 2 heterocycles. The molecule has 3 aromatic rings. The van der Waals surface area contributed by atoms with Crippen LogP contribution in [0.25, 0.3) is 11.3 Å². The lowest BCUT2D eigenvalue weighted by Gasteiger charge is -2.17. The Hall–Kier alpha value is -3.61. The zero-order valence-corrected chi connectivity index (χ0v) is 16.1. The van der Waals surface area contributed by atoms with E-state index >= 15 is 0 Å². The predicted molar refractivity (Wildman–Crippen MR) is 109 cm³/mol. The average molecular weight is 391 g/mol. The summed E-state index contributed by atoms with van der Waals surface area (Å²) in [7, 11) is 0. The summed E-state index contributed by atoms with van der Waals surface area (Å²) in [6.07, 6.45) is 1.86. The van der Waals surface area contributed by atoms with Gasteiger partial charge in [-0.2, -0.15) is 0 Å². The fraction of sp³-hybridized carbons (Fsp3) is 0.227. The molecule has 2 aromatic carbocycles. The van der Waals surface area contributed by atoms with Gasteiger partial charge in [-0.1, -0.05) is 42.0 Å². The Morgan fingerprint density at radius 1 is 1.17 bits per heavy atom. The average Bonchev–Trinajstić information content (AvgIpc) is 3.37. The molecule has 4 rings (SSSR count). The lowest BCUT2D eigenvalue weighted by molar-refractivity contribution is -0.116. The third kappa shape index (κ3) is 4.29. The van der Waals surface area contributed by atoms with Gasteiger partial charge in [0.1, 0.15) is 6.61 Å². The number of ether oxygens (including phenoxy) is 1. The van der Waals surface area contributed by atoms with E-state index in [4.69, 9.17) is 9.15 Å². The molecule has 1 N–H and O–H groups in total. The van der Waals surface area contributed by atoms with Gasteiger partial charge in [0.15, 0.2) is 11.7 Å². The molecule has 0 aliphatic carbocycles. The van der Waals surface area contributed by atoms with Crippen molar-refractivity contribution in [3.8, 4) is 11.3 Å². The van der Waals surface area contributed by atoms with Gasteiger partial charge < -0.3 is 14.5 Å². The summed E-state index contributed by atoms with van der Waals surface area (Å²) < 4.78 is 10.8. The van der Waals surface area contributed by atoms with E-state index in [1.165, 1.54) is 10.5 Å². The van der Waals surface area contributed by atoms with Crippen LogP contribution in [-0.2, 0) is 16.0 Å². The Morgan fingerprint density at radius 2 is 1.97 bits per heavy atom. The number of carbonyl (C=O) groups is 2. The molecule has 2 amide bonds. The molecule has 0 unspecified atom stereocenters. The fourth-order valence-electron chi connectivity index (χ4n) is 3.14. The standard InChI is InChI=1S/C22H21N3O4/c1-15-6-8-16(9-7-15)19-14-23-21(29-19)11-10-20(26)24-17-4-2-3-5-18(17)25-12-13-28-22(25)27/h2-9,14H,10-13H2,1H3,(H,24,26). The Kier molecular flexibility index (Phi) is 5.29. The predicted octanol–water partition coefficient (Wildman–Crippen LogP) is 4.18. The number of amides is 2. The van der Waals surface area contributed by atoms with Gasteiger partial charge in [0.25, 0.3) is 0 Å². The second-order valence-electron chi connectivity index (χ2n) is 6.82. The van der Waals surface area contributed by atoms with E-state index < -0.39 is 6.09 Å². The molecule has 1 aliphatic rings. The maximum absolute atomic E-state index is 12.4. The summed E-state index contributed by atoms with van der Waals surface area (Å²) in [6.45, 7) is 2.83. The number of aryl methyl sites for hydroxylation is 2. The van der Waals surface area contributed by atoms with Crippen molar-refractivity contribution < 1.29 is 18.7 Å². The van der Waals surface area contributed by atoms with Gasteiger partial charge in [-0.25, -0.2) is 9.78 Å². The van der Waals surface area contributed by atoms with Crippen LogP contribution >= 0.6 is 0 Å². The van der Waals surface area contributed by atoms with Crippen molar-refractivity contribution in [3.63, 3.8) is 0 Å². The number of carbonyl (C=O) groups excluding carboxylic acids is 2. The van der Waals surface area contributed by atoms with Crippen molar-refractivity contribution >= 4 is 23.4 Å². The Labute approximate surface area is 168 Å². The Balaban J connectivity index is 1.38. The summed E-state index contributed by atoms with van der Waals surface area (Å²) in [6, 6.07) is 15.2. The highest BCUT2D eigenvalue weighted by molar-refractivity contribution is 5.99. The van der Waals surface area contributed by atoms with Crippen LogP contribution in [0, 0.1) is 6.92 Å². The molecule has 0 spiro atoms. The number of nitrogens with zero attached hydrogens (tertiary/aromatic N) is 2. The number of rotatable bonds is 6. The third-order valence-electron chi connectivity index (χ3n) is 4.69. The van der Waals surface area contributed by atoms with Crippen LogP contribution in [0.15, 0.2) is 59.1 Å². The van der Waals surface area contributed by atoms with Gasteiger partial charge in [-0.3, -0.25) is 9.69 Å². The van der Waals surface area contributed by atoms with Gasteiger partial charge in [-0.05, 0) is 19.1 Å². The number of para-hydroxylation sites is 2. The van der Waals surface area contributed by atoms with Crippen LogP contribution in [-0.4, -0.2) is 30.1 Å². The molecule has 1 aromatic heterocycles. The molecule has 0 bridgehead atoms. The summed E-state index contributed by atoms with van der Waals surface area (Å²) >= 11 is 0. The minimum Gasteiger partial charge on any atom is -0.447 e. The molecule has 0 radical (unpaired) electrons. The van der Waals surface area contributed by atoms with Crippen LogP contribution in [0.2, 0.25) is 0 Å². The molecule has 7 heteroatoms. The number of cyclic esters (lactones) is 1. The van der Waals surface area contributed by atoms with Gasteiger partial charge in [0, 0.05) is 18.4 Å². The lowest BCUT2D eigenvalue weighted by Crippen LogP contribution is -2.25. The van der Waals surface area contributed by atoms with Crippen molar-refractivity contribution in [1.29, 1.82) is 0 Å². The van der Waals surface area contributed by atoms with Crippen molar-refractivity contribution in [1.82, 2.24) is 4.98 Å². The second-order valence-corrected chi connectivity index (χ2v) is 6.82. The first kappa shape index (κ1) is 18.7. The zero-order valence-electron chi connectivity index (χ0n) is 16.1. The molecule has 1 aliphatic heterocycles. The van der Waals surface area contributed by atoms with Crippen LogP contribution in [0.1, 0.15) is 17.9 Å². The molecule has 1 saturated heterocycles. The Bertz CT molecular complexity index is 1030. The highest BCUT2D eigenvalue weighted by Gasteiger charge is 2.25. The van der Waals surface area contributed by atoms with Crippen molar-refractivity contribution in [2.45, 2.75) is 19.8 Å². The van der Waals surface area contributed by atoms with Crippen LogP contribution in [0.3, 0.4) is 0 Å². The van der Waals surface area contributed by atoms with Gasteiger partial charge in [0.2, 0.25) is 5.91 Å². The largest absolute Gasteiger partial charge is 0.447 e. The number of benzene rings is 2. The monoisotopic (exact) mass is 391 g/mol. The maximum Gasteiger partial charge on any atom is 0.414 e. The van der Waals surface area contributed by atoms with Gasteiger partial charge in [-0.15, -0.1) is 0 Å². The van der Waals surface area contributed by atoms with E-state index in [9.17, 15) is 9.59 Å². The number of hydrogen-bond donors (Lipinski definition) is 1. The summed E-state index contributed by atoms with van der Waals surface area (Å²) in [5, 5.41) is 2.87. The van der Waals surface area contributed by atoms with Crippen LogP contribution in [0.4, 0.5) is 16.2 Å². The molecular weight excluding hydrogens is 370 g/mol.